The molecule has 0 N–H and O–H groups in total. The summed E-state index contributed by atoms with van der Waals surface area (Å²) >= 11 is 0. The van der Waals surface area contributed by atoms with Crippen molar-refractivity contribution in [2.45, 2.75) is 6.61 Å². The number of hydrogen-bond acceptors (Lipinski definition) is 6. The predicted octanol–water partition coefficient (Wildman–Crippen LogP) is 4.59. The molecule has 6 heteroatoms. The van der Waals surface area contributed by atoms with Crippen LogP contribution in [0.2, 0.25) is 0 Å². The van der Waals surface area contributed by atoms with E-state index in [4.69, 9.17) is 13.9 Å². The van der Waals surface area contributed by atoms with Gasteiger partial charge in [0.15, 0.2) is 6.61 Å². The normalized spacial score (nSPS) is 10.6. The molecule has 0 radical (unpaired) electrons. The van der Waals surface area contributed by atoms with E-state index in [1.54, 1.807) is 42.5 Å². The molecule has 0 aliphatic rings. The number of carbonyl (C=O) groups is 1. The monoisotopic (exact) mass is 416 g/mol. The van der Waals surface area contributed by atoms with Gasteiger partial charge in [0.2, 0.25) is 5.43 Å². The van der Waals surface area contributed by atoms with Crippen molar-refractivity contribution in [1.29, 1.82) is 0 Å². The van der Waals surface area contributed by atoms with Gasteiger partial charge in [0.25, 0.3) is 0 Å². The van der Waals surface area contributed by atoms with Crippen LogP contribution in [-0.4, -0.2) is 19.7 Å². The Bertz CT molecular complexity index is 1240. The third-order valence-electron chi connectivity index (χ3n) is 4.75. The number of esters is 1. The van der Waals surface area contributed by atoms with Crippen LogP contribution in [0.5, 0.6) is 11.5 Å². The molecule has 1 aromatic heterocycles. The highest BCUT2D eigenvalue weighted by molar-refractivity contribution is 5.87. The van der Waals surface area contributed by atoms with Gasteiger partial charge in [0.1, 0.15) is 35.3 Å². The van der Waals surface area contributed by atoms with Crippen molar-refractivity contribution in [1.82, 2.24) is 0 Å². The number of hydrogen-bond donors (Lipinski definition) is 0. The maximum absolute atomic E-state index is 13.3. The lowest BCUT2D eigenvalue weighted by atomic mass is 10.1. The molecule has 4 aromatic rings. The molecule has 6 nitrogen and oxygen atoms in total. The Morgan fingerprint density at radius 2 is 1.68 bits per heavy atom. The third-order valence-corrected chi connectivity index (χ3v) is 4.75. The molecule has 0 bridgehead atoms. The zero-order valence-electron chi connectivity index (χ0n) is 16.9. The zero-order chi connectivity index (χ0) is 21.6. The van der Waals surface area contributed by atoms with E-state index in [1.807, 2.05) is 30.3 Å². The van der Waals surface area contributed by atoms with Crippen LogP contribution < -0.4 is 14.9 Å². The molecule has 3 aromatic carbocycles. The number of ether oxygens (including phenoxy) is 3. The summed E-state index contributed by atoms with van der Waals surface area (Å²) in [5, 5.41) is 0.391. The Kier molecular flexibility index (Phi) is 5.98. The molecular formula is C25H20O6. The third kappa shape index (κ3) is 4.59. The van der Waals surface area contributed by atoms with Crippen LogP contribution in [0.15, 0.2) is 88.3 Å². The fraction of sp³-hybridized carbons (Fsp3) is 0.120. The lowest BCUT2D eigenvalue weighted by molar-refractivity contribution is -0.142. The number of methoxy groups -OCH3 is 1. The first-order chi connectivity index (χ1) is 15.2. The lowest BCUT2D eigenvalue weighted by Gasteiger charge is -2.10. The SMILES string of the molecule is COC(=O)COc1ccc(-c2coc3cccc(OCc4ccccc4)c3c2=O)cc1. The molecule has 0 saturated carbocycles. The number of fused-ring (bicyclic) bond motifs is 1. The molecule has 4 rings (SSSR count). The maximum atomic E-state index is 13.3. The van der Waals surface area contributed by atoms with Gasteiger partial charge < -0.3 is 18.6 Å². The fourth-order valence-corrected chi connectivity index (χ4v) is 3.13. The molecule has 31 heavy (non-hydrogen) atoms. The van der Waals surface area contributed by atoms with Gasteiger partial charge in [0.05, 0.1) is 12.7 Å². The van der Waals surface area contributed by atoms with Crippen LogP contribution in [0.1, 0.15) is 5.56 Å². The Balaban J connectivity index is 1.62. The first-order valence-corrected chi connectivity index (χ1v) is 9.67. The summed E-state index contributed by atoms with van der Waals surface area (Å²) in [4.78, 5) is 24.5. The van der Waals surface area contributed by atoms with Crippen LogP contribution in [0.25, 0.3) is 22.1 Å². The Morgan fingerprint density at radius 1 is 0.903 bits per heavy atom. The van der Waals surface area contributed by atoms with Crippen molar-refractivity contribution in [2.75, 3.05) is 13.7 Å². The Morgan fingerprint density at radius 3 is 2.42 bits per heavy atom. The molecule has 156 valence electrons. The second-order valence-corrected chi connectivity index (χ2v) is 6.77. The second kappa shape index (κ2) is 9.17. The average Bonchev–Trinajstić information content (AvgIpc) is 2.82. The van der Waals surface area contributed by atoms with Crippen LogP contribution >= 0.6 is 0 Å². The molecule has 0 atom stereocenters. The van der Waals surface area contributed by atoms with Crippen molar-refractivity contribution in [3.63, 3.8) is 0 Å². The van der Waals surface area contributed by atoms with Crippen LogP contribution in [0.3, 0.4) is 0 Å². The smallest absolute Gasteiger partial charge is 0.343 e. The van der Waals surface area contributed by atoms with Crippen molar-refractivity contribution >= 4 is 16.9 Å². The summed E-state index contributed by atoms with van der Waals surface area (Å²) in [6.07, 6.45) is 1.44. The van der Waals surface area contributed by atoms with Crippen molar-refractivity contribution in [3.8, 4) is 22.6 Å². The topological polar surface area (TPSA) is 75.0 Å². The first kappa shape index (κ1) is 20.2. The summed E-state index contributed by atoms with van der Waals surface area (Å²) in [5.74, 6) is 0.489. The molecule has 0 saturated heterocycles. The van der Waals surface area contributed by atoms with E-state index in [2.05, 4.69) is 4.74 Å². The number of benzene rings is 3. The van der Waals surface area contributed by atoms with E-state index in [1.165, 1.54) is 13.4 Å². The minimum absolute atomic E-state index is 0.184. The zero-order valence-corrected chi connectivity index (χ0v) is 16.9. The highest BCUT2D eigenvalue weighted by Crippen LogP contribution is 2.27. The summed E-state index contributed by atoms with van der Waals surface area (Å²) < 4.78 is 21.6. The van der Waals surface area contributed by atoms with E-state index in [0.717, 1.165) is 5.56 Å². The largest absolute Gasteiger partial charge is 0.488 e. The number of rotatable bonds is 7. The van der Waals surface area contributed by atoms with E-state index >= 15 is 0 Å². The molecule has 0 aliphatic heterocycles. The van der Waals surface area contributed by atoms with Crippen LogP contribution in [0, 0.1) is 0 Å². The van der Waals surface area contributed by atoms with Crippen LogP contribution in [-0.2, 0) is 16.1 Å². The summed E-state index contributed by atoms with van der Waals surface area (Å²) in [6.45, 7) is 0.159. The fourth-order valence-electron chi connectivity index (χ4n) is 3.13. The molecule has 1 heterocycles. The standard InChI is InChI=1S/C25H20O6/c1-28-23(26)16-29-19-12-10-18(11-13-19)20-15-31-22-9-5-8-21(24(22)25(20)27)30-14-17-6-3-2-4-7-17/h2-13,15H,14,16H2,1H3. The second-order valence-electron chi connectivity index (χ2n) is 6.77. The molecule has 0 fully saturated rings. The van der Waals surface area contributed by atoms with Gasteiger partial charge in [-0.05, 0) is 35.4 Å². The van der Waals surface area contributed by atoms with E-state index in [0.29, 0.717) is 40.2 Å². The van der Waals surface area contributed by atoms with Crippen molar-refractivity contribution in [3.05, 3.63) is 94.8 Å². The van der Waals surface area contributed by atoms with Gasteiger partial charge in [-0.25, -0.2) is 4.79 Å². The molecule has 0 unspecified atom stereocenters. The Labute approximate surface area is 178 Å². The molecular weight excluding hydrogens is 396 g/mol. The summed E-state index contributed by atoms with van der Waals surface area (Å²) in [6, 6.07) is 21.9. The van der Waals surface area contributed by atoms with E-state index in [9.17, 15) is 9.59 Å². The van der Waals surface area contributed by atoms with Gasteiger partial charge in [-0.15, -0.1) is 0 Å². The summed E-state index contributed by atoms with van der Waals surface area (Å²) in [5.41, 5.74) is 2.34. The van der Waals surface area contributed by atoms with E-state index < -0.39 is 5.97 Å². The molecule has 0 aliphatic carbocycles. The minimum atomic E-state index is -0.470. The van der Waals surface area contributed by atoms with Gasteiger partial charge in [-0.2, -0.15) is 0 Å². The van der Waals surface area contributed by atoms with Crippen LogP contribution in [0.4, 0.5) is 0 Å². The predicted molar refractivity (Wildman–Crippen MR) is 116 cm³/mol. The van der Waals surface area contributed by atoms with E-state index in [-0.39, 0.29) is 12.0 Å². The highest BCUT2D eigenvalue weighted by Gasteiger charge is 2.14. The van der Waals surface area contributed by atoms with Gasteiger partial charge >= 0.3 is 5.97 Å². The summed E-state index contributed by atoms with van der Waals surface area (Å²) in [7, 11) is 1.30. The first-order valence-electron chi connectivity index (χ1n) is 9.67. The van der Waals surface area contributed by atoms with Crippen molar-refractivity contribution < 1.29 is 23.4 Å². The minimum Gasteiger partial charge on any atom is -0.488 e. The Hall–Kier alpha value is -4.06. The lowest BCUT2D eigenvalue weighted by Crippen LogP contribution is -2.12. The quantitative estimate of drug-likeness (QED) is 0.410. The molecule has 0 amide bonds. The maximum Gasteiger partial charge on any atom is 0.343 e. The average molecular weight is 416 g/mol. The number of carbonyl (C=O) groups excluding carboxylic acids is 1. The molecule has 0 spiro atoms. The highest BCUT2D eigenvalue weighted by atomic mass is 16.6. The van der Waals surface area contributed by atoms with Gasteiger partial charge in [0, 0.05) is 0 Å². The van der Waals surface area contributed by atoms with Gasteiger partial charge in [-0.1, -0.05) is 48.5 Å². The van der Waals surface area contributed by atoms with Gasteiger partial charge in [-0.3, -0.25) is 4.79 Å². The van der Waals surface area contributed by atoms with Crippen molar-refractivity contribution in [2.24, 2.45) is 0 Å².